The number of carbonyl (C=O) groups excluding carboxylic acids is 1. The smallest absolute Gasteiger partial charge is 0.322 e. The zero-order valence-corrected chi connectivity index (χ0v) is 14.6. The van der Waals surface area contributed by atoms with Gasteiger partial charge in [0.2, 0.25) is 11.8 Å². The van der Waals surface area contributed by atoms with E-state index in [2.05, 4.69) is 30.9 Å². The van der Waals surface area contributed by atoms with E-state index in [0.29, 0.717) is 30.9 Å². The zero-order chi connectivity index (χ0) is 17.8. The second kappa shape index (κ2) is 7.60. The van der Waals surface area contributed by atoms with Crippen LogP contribution in [0, 0.1) is 5.92 Å². The van der Waals surface area contributed by atoms with Crippen molar-refractivity contribution in [1.82, 2.24) is 30.2 Å². The van der Waals surface area contributed by atoms with E-state index in [-0.39, 0.29) is 17.9 Å². The van der Waals surface area contributed by atoms with E-state index in [9.17, 15) is 4.79 Å². The molecule has 0 bridgehead atoms. The molecule has 0 saturated carbocycles. The standard InChI is InChI=1S/C15H23N7O3/c1-9(2)12-19-13(25-21-12)11(10-4-6-24-7-5-10)18-15(23)20-14-16-8-17-22(14)3/h8-11H,4-7H2,1-3H3,(H2,16,17,18,20,23). The molecule has 2 aromatic rings. The van der Waals surface area contributed by atoms with E-state index in [0.717, 1.165) is 12.8 Å². The van der Waals surface area contributed by atoms with Crippen molar-refractivity contribution in [2.45, 2.75) is 38.6 Å². The molecule has 1 fully saturated rings. The third-order valence-electron chi connectivity index (χ3n) is 4.20. The number of aryl methyl sites for hydroxylation is 1. The first-order valence-corrected chi connectivity index (χ1v) is 8.37. The number of nitrogens with zero attached hydrogens (tertiary/aromatic N) is 5. The van der Waals surface area contributed by atoms with Crippen LogP contribution in [0.2, 0.25) is 0 Å². The Hall–Kier alpha value is -2.49. The topological polar surface area (TPSA) is 120 Å². The zero-order valence-electron chi connectivity index (χ0n) is 14.6. The van der Waals surface area contributed by atoms with Crippen LogP contribution in [0.3, 0.4) is 0 Å². The van der Waals surface area contributed by atoms with Crippen molar-refractivity contribution in [3.8, 4) is 0 Å². The Morgan fingerprint density at radius 3 is 2.72 bits per heavy atom. The Balaban J connectivity index is 1.75. The molecule has 0 aliphatic carbocycles. The van der Waals surface area contributed by atoms with Gasteiger partial charge < -0.3 is 14.6 Å². The van der Waals surface area contributed by atoms with Gasteiger partial charge in [0.05, 0.1) is 0 Å². The minimum atomic E-state index is -0.392. The highest BCUT2D eigenvalue weighted by Crippen LogP contribution is 2.30. The van der Waals surface area contributed by atoms with Crippen LogP contribution in [0.15, 0.2) is 10.9 Å². The van der Waals surface area contributed by atoms with Gasteiger partial charge in [-0.05, 0) is 18.8 Å². The van der Waals surface area contributed by atoms with Gasteiger partial charge in [0.1, 0.15) is 12.4 Å². The van der Waals surface area contributed by atoms with Crippen molar-refractivity contribution in [3.05, 3.63) is 18.0 Å². The third-order valence-corrected chi connectivity index (χ3v) is 4.20. The quantitative estimate of drug-likeness (QED) is 0.841. The van der Waals surface area contributed by atoms with Crippen LogP contribution in [-0.2, 0) is 11.8 Å². The predicted molar refractivity (Wildman–Crippen MR) is 87.8 cm³/mol. The lowest BCUT2D eigenvalue weighted by Gasteiger charge is -2.28. The molecule has 2 amide bonds. The summed E-state index contributed by atoms with van der Waals surface area (Å²) >= 11 is 0. The fourth-order valence-corrected chi connectivity index (χ4v) is 2.73. The molecule has 10 heteroatoms. The van der Waals surface area contributed by atoms with Crippen LogP contribution in [0.5, 0.6) is 0 Å². The van der Waals surface area contributed by atoms with Gasteiger partial charge in [-0.15, -0.1) is 0 Å². The molecule has 0 aromatic carbocycles. The van der Waals surface area contributed by atoms with Gasteiger partial charge in [0, 0.05) is 26.2 Å². The summed E-state index contributed by atoms with van der Waals surface area (Å²) in [6.45, 7) is 5.29. The average molecular weight is 349 g/mol. The van der Waals surface area contributed by atoms with Crippen LogP contribution >= 0.6 is 0 Å². The molecule has 1 aliphatic heterocycles. The monoisotopic (exact) mass is 349 g/mol. The number of amides is 2. The van der Waals surface area contributed by atoms with Gasteiger partial charge in [0.15, 0.2) is 5.82 Å². The first-order chi connectivity index (χ1) is 12.0. The molecule has 1 aliphatic rings. The van der Waals surface area contributed by atoms with Crippen molar-refractivity contribution >= 4 is 12.0 Å². The lowest BCUT2D eigenvalue weighted by Crippen LogP contribution is -2.39. The molecule has 1 atom stereocenters. The molecular formula is C15H23N7O3. The molecule has 1 saturated heterocycles. The van der Waals surface area contributed by atoms with Crippen molar-refractivity contribution in [3.63, 3.8) is 0 Å². The molecule has 10 nitrogen and oxygen atoms in total. The van der Waals surface area contributed by atoms with Crippen molar-refractivity contribution in [2.75, 3.05) is 18.5 Å². The van der Waals surface area contributed by atoms with E-state index in [4.69, 9.17) is 9.26 Å². The summed E-state index contributed by atoms with van der Waals surface area (Å²) in [5, 5.41) is 13.6. The molecule has 3 rings (SSSR count). The third kappa shape index (κ3) is 4.13. The summed E-state index contributed by atoms with van der Waals surface area (Å²) in [4.78, 5) is 20.8. The highest BCUT2D eigenvalue weighted by atomic mass is 16.5. The Bertz CT molecular complexity index is 706. The van der Waals surface area contributed by atoms with E-state index in [1.165, 1.54) is 11.0 Å². The van der Waals surface area contributed by atoms with E-state index < -0.39 is 6.03 Å². The first-order valence-electron chi connectivity index (χ1n) is 8.37. The van der Waals surface area contributed by atoms with E-state index in [1.807, 2.05) is 13.8 Å². The summed E-state index contributed by atoms with van der Waals surface area (Å²) in [5.74, 6) is 1.72. The van der Waals surface area contributed by atoms with Gasteiger partial charge in [-0.3, -0.25) is 5.32 Å². The fraction of sp³-hybridized carbons (Fsp3) is 0.667. The molecule has 0 radical (unpaired) electrons. The summed E-state index contributed by atoms with van der Waals surface area (Å²) in [6.07, 6.45) is 3.00. The Morgan fingerprint density at radius 2 is 2.12 bits per heavy atom. The van der Waals surface area contributed by atoms with Crippen molar-refractivity contribution < 1.29 is 14.1 Å². The van der Waals surface area contributed by atoms with E-state index >= 15 is 0 Å². The molecule has 3 heterocycles. The minimum absolute atomic E-state index is 0.153. The summed E-state index contributed by atoms with van der Waals surface area (Å²) in [7, 11) is 1.70. The Labute approximate surface area is 145 Å². The lowest BCUT2D eigenvalue weighted by atomic mass is 9.91. The molecule has 2 aromatic heterocycles. The van der Waals surface area contributed by atoms with Crippen LogP contribution in [-0.4, -0.2) is 44.1 Å². The summed E-state index contributed by atoms with van der Waals surface area (Å²) in [5.41, 5.74) is 0. The van der Waals surface area contributed by atoms with Crippen LogP contribution in [0.4, 0.5) is 10.7 Å². The number of nitrogens with one attached hydrogen (secondary N) is 2. The largest absolute Gasteiger partial charge is 0.381 e. The summed E-state index contributed by atoms with van der Waals surface area (Å²) in [6, 6.07) is -0.769. The minimum Gasteiger partial charge on any atom is -0.381 e. The highest BCUT2D eigenvalue weighted by molar-refractivity contribution is 5.87. The van der Waals surface area contributed by atoms with Gasteiger partial charge in [-0.2, -0.15) is 15.1 Å². The second-order valence-electron chi connectivity index (χ2n) is 6.38. The summed E-state index contributed by atoms with van der Waals surface area (Å²) < 4.78 is 12.3. The fourth-order valence-electron chi connectivity index (χ4n) is 2.73. The first kappa shape index (κ1) is 17.3. The number of carbonyl (C=O) groups is 1. The number of anilines is 1. The average Bonchev–Trinajstić information content (AvgIpc) is 3.23. The highest BCUT2D eigenvalue weighted by Gasteiger charge is 2.32. The maximum Gasteiger partial charge on any atom is 0.322 e. The maximum absolute atomic E-state index is 12.4. The number of rotatable bonds is 5. The number of ether oxygens (including phenoxy) is 1. The predicted octanol–water partition coefficient (Wildman–Crippen LogP) is 1.61. The molecule has 2 N–H and O–H groups in total. The lowest BCUT2D eigenvalue weighted by molar-refractivity contribution is 0.0506. The van der Waals surface area contributed by atoms with Crippen molar-refractivity contribution in [1.29, 1.82) is 0 Å². The molecule has 0 spiro atoms. The molecule has 1 unspecified atom stereocenters. The Kier molecular flexibility index (Phi) is 5.27. The SMILES string of the molecule is CC(C)c1noc(C(NC(=O)Nc2ncnn2C)C2CCOCC2)n1. The van der Waals surface area contributed by atoms with Gasteiger partial charge in [-0.25, -0.2) is 9.48 Å². The normalized spacial score (nSPS) is 16.8. The molecule has 25 heavy (non-hydrogen) atoms. The van der Waals surface area contributed by atoms with E-state index in [1.54, 1.807) is 7.05 Å². The number of aromatic nitrogens is 5. The van der Waals surface area contributed by atoms with Crippen LogP contribution in [0.1, 0.15) is 50.4 Å². The van der Waals surface area contributed by atoms with Crippen LogP contribution in [0.25, 0.3) is 0 Å². The molecule has 136 valence electrons. The maximum atomic E-state index is 12.4. The van der Waals surface area contributed by atoms with Crippen LogP contribution < -0.4 is 10.6 Å². The number of hydrogen-bond acceptors (Lipinski definition) is 7. The Morgan fingerprint density at radius 1 is 1.36 bits per heavy atom. The van der Waals surface area contributed by atoms with Gasteiger partial charge in [0.25, 0.3) is 0 Å². The molecular weight excluding hydrogens is 326 g/mol. The van der Waals surface area contributed by atoms with Gasteiger partial charge >= 0.3 is 6.03 Å². The van der Waals surface area contributed by atoms with Gasteiger partial charge in [-0.1, -0.05) is 19.0 Å². The number of hydrogen-bond donors (Lipinski definition) is 2. The van der Waals surface area contributed by atoms with Crippen molar-refractivity contribution in [2.24, 2.45) is 13.0 Å². The number of urea groups is 1. The second-order valence-corrected chi connectivity index (χ2v) is 6.38.